The molecule has 2 N–H and O–H groups in total. The highest BCUT2D eigenvalue weighted by Crippen LogP contribution is 2.43. The van der Waals surface area contributed by atoms with Gasteiger partial charge >= 0.3 is 0 Å². The zero-order valence-corrected chi connectivity index (χ0v) is 8.05. The van der Waals surface area contributed by atoms with Crippen LogP contribution in [0.3, 0.4) is 0 Å². The summed E-state index contributed by atoms with van der Waals surface area (Å²) in [5.41, 5.74) is 6.12. The maximum atomic E-state index is 5.93. The Hall–Kier alpha value is -0.0800. The summed E-state index contributed by atoms with van der Waals surface area (Å²) in [7, 11) is 0. The second-order valence-corrected chi connectivity index (χ2v) is 4.84. The average molecular weight is 169 g/mol. The molecule has 0 aliphatic heterocycles. The van der Waals surface area contributed by atoms with Crippen molar-refractivity contribution in [1.82, 2.24) is 0 Å². The number of nitrogens with two attached hydrogens (primary N) is 1. The summed E-state index contributed by atoms with van der Waals surface area (Å²) < 4.78 is 5.93. The minimum atomic E-state index is 0.218. The lowest BCUT2D eigenvalue weighted by Crippen LogP contribution is -2.60. The molecule has 2 heteroatoms. The first kappa shape index (κ1) is 8.52. The number of hydrogen-bond donors (Lipinski definition) is 1. The Morgan fingerprint density at radius 1 is 1.33 bits per heavy atom. The van der Waals surface area contributed by atoms with Gasteiger partial charge in [0.05, 0.1) is 12.2 Å². The Bertz CT molecular complexity index is 175. The summed E-state index contributed by atoms with van der Waals surface area (Å²) in [6.45, 7) is 4.43. The van der Waals surface area contributed by atoms with E-state index in [1.165, 1.54) is 19.3 Å². The van der Waals surface area contributed by atoms with E-state index in [2.05, 4.69) is 13.8 Å². The molecule has 0 bridgehead atoms. The van der Waals surface area contributed by atoms with Crippen LogP contribution in [0.1, 0.15) is 39.5 Å². The van der Waals surface area contributed by atoms with Gasteiger partial charge in [0.25, 0.3) is 0 Å². The predicted octanol–water partition coefficient (Wildman–Crippen LogP) is 1.68. The molecule has 70 valence electrons. The van der Waals surface area contributed by atoms with Crippen LogP contribution in [0.2, 0.25) is 0 Å². The summed E-state index contributed by atoms with van der Waals surface area (Å²) >= 11 is 0. The van der Waals surface area contributed by atoms with Gasteiger partial charge in [-0.05, 0) is 25.7 Å². The van der Waals surface area contributed by atoms with Crippen LogP contribution in [0.5, 0.6) is 0 Å². The summed E-state index contributed by atoms with van der Waals surface area (Å²) in [5.74, 6) is 0. The summed E-state index contributed by atoms with van der Waals surface area (Å²) in [4.78, 5) is 0. The molecule has 0 heterocycles. The number of hydrogen-bond acceptors (Lipinski definition) is 2. The summed E-state index contributed by atoms with van der Waals surface area (Å²) in [6, 6.07) is 0.350. The molecule has 12 heavy (non-hydrogen) atoms. The van der Waals surface area contributed by atoms with E-state index in [9.17, 15) is 0 Å². The zero-order valence-electron chi connectivity index (χ0n) is 8.05. The van der Waals surface area contributed by atoms with Crippen molar-refractivity contribution in [2.24, 2.45) is 11.1 Å². The van der Waals surface area contributed by atoms with Gasteiger partial charge in [0.2, 0.25) is 0 Å². The lowest BCUT2D eigenvalue weighted by atomic mass is 9.65. The van der Waals surface area contributed by atoms with Gasteiger partial charge in [0.1, 0.15) is 0 Å². The molecule has 2 unspecified atom stereocenters. The Morgan fingerprint density at radius 3 is 2.33 bits per heavy atom. The quantitative estimate of drug-likeness (QED) is 0.682. The van der Waals surface area contributed by atoms with Crippen LogP contribution in [0.15, 0.2) is 0 Å². The smallest absolute Gasteiger partial charge is 0.0659 e. The van der Waals surface area contributed by atoms with E-state index < -0.39 is 0 Å². The predicted molar refractivity (Wildman–Crippen MR) is 48.9 cm³/mol. The largest absolute Gasteiger partial charge is 0.374 e. The number of rotatable bonds is 2. The van der Waals surface area contributed by atoms with Gasteiger partial charge < -0.3 is 10.5 Å². The fraction of sp³-hybridized carbons (Fsp3) is 1.00. The van der Waals surface area contributed by atoms with Crippen molar-refractivity contribution in [2.75, 3.05) is 0 Å². The van der Waals surface area contributed by atoms with Gasteiger partial charge in [-0.1, -0.05) is 13.8 Å². The molecule has 2 aliphatic carbocycles. The normalized spacial score (nSPS) is 40.2. The SMILES string of the molecule is CC1(C)C(N)CC1OC1CCC1. The van der Waals surface area contributed by atoms with Crippen molar-refractivity contribution in [3.8, 4) is 0 Å². The Labute approximate surface area is 74.5 Å². The van der Waals surface area contributed by atoms with Crippen LogP contribution < -0.4 is 5.73 Å². The van der Waals surface area contributed by atoms with Gasteiger partial charge in [-0.15, -0.1) is 0 Å². The van der Waals surface area contributed by atoms with Crippen molar-refractivity contribution < 1.29 is 4.74 Å². The molecular weight excluding hydrogens is 150 g/mol. The molecule has 0 amide bonds. The van der Waals surface area contributed by atoms with E-state index in [1.807, 2.05) is 0 Å². The molecule has 2 rings (SSSR count). The van der Waals surface area contributed by atoms with E-state index in [4.69, 9.17) is 10.5 Å². The van der Waals surface area contributed by atoms with Crippen LogP contribution in [-0.4, -0.2) is 18.2 Å². The maximum Gasteiger partial charge on any atom is 0.0659 e. The van der Waals surface area contributed by atoms with Crippen molar-refractivity contribution in [3.05, 3.63) is 0 Å². The molecule has 0 radical (unpaired) electrons. The third-order valence-electron chi connectivity index (χ3n) is 3.66. The van der Waals surface area contributed by atoms with Gasteiger partial charge in [-0.2, -0.15) is 0 Å². The lowest BCUT2D eigenvalue weighted by Gasteiger charge is -2.51. The third-order valence-corrected chi connectivity index (χ3v) is 3.66. The Kier molecular flexibility index (Phi) is 1.92. The minimum absolute atomic E-state index is 0.218. The molecule has 2 nitrogen and oxygen atoms in total. The van der Waals surface area contributed by atoms with Gasteiger partial charge in [0, 0.05) is 11.5 Å². The molecule has 0 aromatic carbocycles. The second-order valence-electron chi connectivity index (χ2n) is 4.84. The first-order chi connectivity index (χ1) is 5.60. The highest BCUT2D eigenvalue weighted by molar-refractivity contribution is 5.01. The third kappa shape index (κ3) is 1.17. The van der Waals surface area contributed by atoms with Crippen LogP contribution in [-0.2, 0) is 4.74 Å². The lowest BCUT2D eigenvalue weighted by molar-refractivity contribution is -0.157. The van der Waals surface area contributed by atoms with E-state index >= 15 is 0 Å². The van der Waals surface area contributed by atoms with Crippen molar-refractivity contribution >= 4 is 0 Å². The van der Waals surface area contributed by atoms with Crippen LogP contribution in [0, 0.1) is 5.41 Å². The molecular formula is C10H19NO. The molecule has 2 fully saturated rings. The van der Waals surface area contributed by atoms with E-state index in [1.54, 1.807) is 0 Å². The fourth-order valence-corrected chi connectivity index (χ4v) is 1.89. The standard InChI is InChI=1S/C10H19NO/c1-10(2)8(11)6-9(10)12-7-4-3-5-7/h7-9H,3-6,11H2,1-2H3. The highest BCUT2D eigenvalue weighted by atomic mass is 16.5. The van der Waals surface area contributed by atoms with Gasteiger partial charge in [0.15, 0.2) is 0 Å². The number of ether oxygens (including phenoxy) is 1. The topological polar surface area (TPSA) is 35.2 Å². The highest BCUT2D eigenvalue weighted by Gasteiger charge is 2.48. The average Bonchev–Trinajstić information content (AvgIpc) is 1.93. The van der Waals surface area contributed by atoms with Gasteiger partial charge in [-0.3, -0.25) is 0 Å². The molecule has 0 saturated heterocycles. The van der Waals surface area contributed by atoms with Crippen LogP contribution >= 0.6 is 0 Å². The van der Waals surface area contributed by atoms with Gasteiger partial charge in [-0.25, -0.2) is 0 Å². The molecule has 0 aromatic rings. The molecule has 2 aliphatic rings. The monoisotopic (exact) mass is 169 g/mol. The molecule has 2 atom stereocenters. The maximum absolute atomic E-state index is 5.93. The van der Waals surface area contributed by atoms with Crippen molar-refractivity contribution in [1.29, 1.82) is 0 Å². The summed E-state index contributed by atoms with van der Waals surface area (Å²) in [6.07, 6.45) is 5.93. The van der Waals surface area contributed by atoms with Crippen LogP contribution in [0.25, 0.3) is 0 Å². The van der Waals surface area contributed by atoms with Crippen LogP contribution in [0.4, 0.5) is 0 Å². The van der Waals surface area contributed by atoms with E-state index in [0.29, 0.717) is 18.2 Å². The zero-order chi connectivity index (χ0) is 8.77. The minimum Gasteiger partial charge on any atom is -0.374 e. The molecule has 0 spiro atoms. The van der Waals surface area contributed by atoms with E-state index in [-0.39, 0.29) is 5.41 Å². The first-order valence-corrected chi connectivity index (χ1v) is 5.02. The Balaban J connectivity index is 1.82. The first-order valence-electron chi connectivity index (χ1n) is 5.02. The van der Waals surface area contributed by atoms with E-state index in [0.717, 1.165) is 6.42 Å². The molecule has 0 aromatic heterocycles. The summed E-state index contributed by atoms with van der Waals surface area (Å²) in [5, 5.41) is 0. The second kappa shape index (κ2) is 2.71. The molecule has 2 saturated carbocycles. The fourth-order valence-electron chi connectivity index (χ4n) is 1.89. The van der Waals surface area contributed by atoms with Crippen molar-refractivity contribution in [2.45, 2.75) is 57.8 Å². The van der Waals surface area contributed by atoms with Crippen molar-refractivity contribution in [3.63, 3.8) is 0 Å². The Morgan fingerprint density at radius 2 is 2.00 bits per heavy atom.